The average molecular weight is 318 g/mol. The van der Waals surface area contributed by atoms with Gasteiger partial charge in [0.1, 0.15) is 0 Å². The lowest BCUT2D eigenvalue weighted by Crippen LogP contribution is -2.38. The first-order chi connectivity index (χ1) is 11.0. The maximum Gasteiger partial charge on any atom is 0.317 e. The second kappa shape index (κ2) is 7.94. The predicted molar refractivity (Wildman–Crippen MR) is 89.0 cm³/mol. The van der Waals surface area contributed by atoms with Gasteiger partial charge in [-0.3, -0.25) is 9.78 Å². The first kappa shape index (κ1) is 17.2. The smallest absolute Gasteiger partial charge is 0.317 e. The largest absolute Gasteiger partial charge is 0.343 e. The fourth-order valence-corrected chi connectivity index (χ4v) is 2.86. The van der Waals surface area contributed by atoms with Crippen LogP contribution < -0.4 is 5.32 Å². The Morgan fingerprint density at radius 2 is 2.17 bits per heavy atom. The van der Waals surface area contributed by atoms with Crippen LogP contribution in [0.25, 0.3) is 0 Å². The number of aromatic nitrogens is 1. The molecule has 6 heteroatoms. The number of rotatable bonds is 6. The van der Waals surface area contributed by atoms with Crippen LogP contribution in [0.4, 0.5) is 4.79 Å². The minimum absolute atomic E-state index is 0.112. The molecule has 126 valence electrons. The molecule has 2 rings (SSSR count). The molecule has 1 aromatic heterocycles. The maximum absolute atomic E-state index is 12.1. The monoisotopic (exact) mass is 318 g/mol. The van der Waals surface area contributed by atoms with Gasteiger partial charge in [-0.1, -0.05) is 0 Å². The quantitative estimate of drug-likeness (QED) is 0.814. The highest BCUT2D eigenvalue weighted by Gasteiger charge is 2.19. The Labute approximate surface area is 137 Å². The standard InChI is InChI=1S/C17H26N4O2/c1-13-10-14(2)19-15(11-13)12-20(3)17(23)18-7-5-9-21-8-4-6-16(21)22/h10-11H,4-9,12H2,1-3H3,(H,18,23). The van der Waals surface area contributed by atoms with Crippen LogP contribution in [0.5, 0.6) is 0 Å². The number of urea groups is 1. The molecule has 0 unspecified atom stereocenters. The van der Waals surface area contributed by atoms with Crippen molar-refractivity contribution in [2.75, 3.05) is 26.7 Å². The normalized spacial score (nSPS) is 14.2. The number of hydrogen-bond acceptors (Lipinski definition) is 3. The summed E-state index contributed by atoms with van der Waals surface area (Å²) in [5.74, 6) is 0.231. The van der Waals surface area contributed by atoms with E-state index in [1.807, 2.05) is 30.9 Å². The molecule has 0 bridgehead atoms. The second-order valence-corrected chi connectivity index (χ2v) is 6.20. The molecule has 0 aromatic carbocycles. The molecule has 2 heterocycles. The number of carbonyl (C=O) groups excluding carboxylic acids is 2. The Bertz CT molecular complexity index is 553. The molecule has 1 fully saturated rings. The van der Waals surface area contributed by atoms with Gasteiger partial charge in [-0.05, 0) is 44.4 Å². The van der Waals surface area contributed by atoms with Gasteiger partial charge in [-0.25, -0.2) is 4.79 Å². The number of carbonyl (C=O) groups is 2. The third-order valence-corrected chi connectivity index (χ3v) is 3.95. The van der Waals surface area contributed by atoms with Crippen LogP contribution >= 0.6 is 0 Å². The Morgan fingerprint density at radius 1 is 1.39 bits per heavy atom. The Kier molecular flexibility index (Phi) is 5.96. The topological polar surface area (TPSA) is 65.5 Å². The van der Waals surface area contributed by atoms with E-state index in [2.05, 4.69) is 10.3 Å². The van der Waals surface area contributed by atoms with Gasteiger partial charge in [0.2, 0.25) is 5.91 Å². The summed E-state index contributed by atoms with van der Waals surface area (Å²) in [6, 6.07) is 3.90. The lowest BCUT2D eigenvalue weighted by atomic mass is 10.2. The number of nitrogens with zero attached hydrogens (tertiary/aromatic N) is 3. The van der Waals surface area contributed by atoms with Crippen LogP contribution in [-0.2, 0) is 11.3 Å². The van der Waals surface area contributed by atoms with Gasteiger partial charge in [-0.15, -0.1) is 0 Å². The van der Waals surface area contributed by atoms with Crippen molar-refractivity contribution in [3.05, 3.63) is 29.1 Å². The van der Waals surface area contributed by atoms with Crippen molar-refractivity contribution in [2.24, 2.45) is 0 Å². The molecule has 0 radical (unpaired) electrons. The van der Waals surface area contributed by atoms with Gasteiger partial charge >= 0.3 is 6.03 Å². The highest BCUT2D eigenvalue weighted by atomic mass is 16.2. The fourth-order valence-electron chi connectivity index (χ4n) is 2.86. The zero-order chi connectivity index (χ0) is 16.8. The highest BCUT2D eigenvalue weighted by molar-refractivity contribution is 5.78. The summed E-state index contributed by atoms with van der Waals surface area (Å²) in [6.07, 6.45) is 2.40. The minimum Gasteiger partial charge on any atom is -0.343 e. The molecule has 0 aliphatic carbocycles. The molecule has 0 spiro atoms. The van der Waals surface area contributed by atoms with E-state index in [0.717, 1.165) is 42.9 Å². The molecule has 23 heavy (non-hydrogen) atoms. The zero-order valence-electron chi connectivity index (χ0n) is 14.3. The number of nitrogens with one attached hydrogen (secondary N) is 1. The van der Waals surface area contributed by atoms with Crippen molar-refractivity contribution >= 4 is 11.9 Å². The van der Waals surface area contributed by atoms with E-state index >= 15 is 0 Å². The van der Waals surface area contributed by atoms with Crippen LogP contribution in [0, 0.1) is 13.8 Å². The molecule has 1 saturated heterocycles. The minimum atomic E-state index is -0.112. The van der Waals surface area contributed by atoms with E-state index in [9.17, 15) is 9.59 Å². The van der Waals surface area contributed by atoms with Crippen LogP contribution in [-0.4, -0.2) is 53.4 Å². The zero-order valence-corrected chi connectivity index (χ0v) is 14.3. The maximum atomic E-state index is 12.1. The molecular formula is C17H26N4O2. The van der Waals surface area contributed by atoms with Crippen LogP contribution in [0.15, 0.2) is 12.1 Å². The molecule has 1 N–H and O–H groups in total. The summed E-state index contributed by atoms with van der Waals surface area (Å²) in [7, 11) is 1.76. The molecular weight excluding hydrogens is 292 g/mol. The van der Waals surface area contributed by atoms with Crippen molar-refractivity contribution in [2.45, 2.75) is 39.7 Å². The van der Waals surface area contributed by atoms with Gasteiger partial charge in [0.25, 0.3) is 0 Å². The lowest BCUT2D eigenvalue weighted by molar-refractivity contribution is -0.127. The summed E-state index contributed by atoms with van der Waals surface area (Å²) in [5.41, 5.74) is 3.00. The Balaban J connectivity index is 1.71. The second-order valence-electron chi connectivity index (χ2n) is 6.20. The van der Waals surface area contributed by atoms with Crippen molar-refractivity contribution in [3.8, 4) is 0 Å². The molecule has 1 aliphatic heterocycles. The summed E-state index contributed by atoms with van der Waals surface area (Å²) >= 11 is 0. The fraction of sp³-hybridized carbons (Fsp3) is 0.588. The van der Waals surface area contributed by atoms with Crippen LogP contribution in [0.2, 0.25) is 0 Å². The first-order valence-electron chi connectivity index (χ1n) is 8.16. The number of aryl methyl sites for hydroxylation is 2. The number of pyridine rings is 1. The van der Waals surface area contributed by atoms with Crippen LogP contribution in [0.3, 0.4) is 0 Å². The van der Waals surface area contributed by atoms with E-state index in [-0.39, 0.29) is 11.9 Å². The van der Waals surface area contributed by atoms with Gasteiger partial charge in [0.05, 0.1) is 12.2 Å². The van der Waals surface area contributed by atoms with E-state index in [0.29, 0.717) is 19.5 Å². The number of likely N-dealkylation sites (tertiary alicyclic amines) is 1. The van der Waals surface area contributed by atoms with Crippen molar-refractivity contribution in [1.29, 1.82) is 0 Å². The van der Waals surface area contributed by atoms with E-state index < -0.39 is 0 Å². The molecule has 1 aliphatic rings. The lowest BCUT2D eigenvalue weighted by Gasteiger charge is -2.19. The summed E-state index contributed by atoms with van der Waals surface area (Å²) in [5, 5.41) is 2.89. The third-order valence-electron chi connectivity index (χ3n) is 3.95. The van der Waals surface area contributed by atoms with Crippen molar-refractivity contribution in [3.63, 3.8) is 0 Å². The Morgan fingerprint density at radius 3 is 2.83 bits per heavy atom. The molecule has 6 nitrogen and oxygen atoms in total. The predicted octanol–water partition coefficient (Wildman–Crippen LogP) is 1.85. The van der Waals surface area contributed by atoms with Gasteiger partial charge in [0.15, 0.2) is 0 Å². The Hall–Kier alpha value is -2.11. The van der Waals surface area contributed by atoms with Gasteiger partial charge < -0.3 is 15.1 Å². The first-order valence-corrected chi connectivity index (χ1v) is 8.16. The van der Waals surface area contributed by atoms with Crippen molar-refractivity contribution < 1.29 is 9.59 Å². The van der Waals surface area contributed by atoms with E-state index in [4.69, 9.17) is 0 Å². The van der Waals surface area contributed by atoms with Gasteiger partial charge in [0, 0.05) is 38.8 Å². The highest BCUT2D eigenvalue weighted by Crippen LogP contribution is 2.09. The summed E-state index contributed by atoms with van der Waals surface area (Å²) in [4.78, 5) is 31.5. The van der Waals surface area contributed by atoms with Crippen molar-refractivity contribution in [1.82, 2.24) is 20.1 Å². The van der Waals surface area contributed by atoms with Gasteiger partial charge in [-0.2, -0.15) is 0 Å². The van der Waals surface area contributed by atoms with E-state index in [1.165, 1.54) is 0 Å². The summed E-state index contributed by atoms with van der Waals surface area (Å²) < 4.78 is 0. The summed E-state index contributed by atoms with van der Waals surface area (Å²) in [6.45, 7) is 6.62. The van der Waals surface area contributed by atoms with E-state index in [1.54, 1.807) is 11.9 Å². The van der Waals surface area contributed by atoms with Crippen LogP contribution in [0.1, 0.15) is 36.2 Å². The molecule has 1 aromatic rings. The average Bonchev–Trinajstić information content (AvgIpc) is 2.87. The molecule has 0 atom stereocenters. The SMILES string of the molecule is Cc1cc(C)nc(CN(C)C(=O)NCCCN2CCCC2=O)c1. The molecule has 3 amide bonds. The number of amides is 3. The molecule has 0 saturated carbocycles. The third kappa shape index (κ3) is 5.23. The number of hydrogen-bond donors (Lipinski definition) is 1.